The van der Waals surface area contributed by atoms with E-state index < -0.39 is 10.0 Å². The van der Waals surface area contributed by atoms with Gasteiger partial charge in [0.15, 0.2) is 0 Å². The molecule has 0 bridgehead atoms. The molecule has 0 N–H and O–H groups in total. The summed E-state index contributed by atoms with van der Waals surface area (Å²) in [5.74, 6) is -0.0918. The highest BCUT2D eigenvalue weighted by Gasteiger charge is 2.34. The number of pyridine rings is 1. The molecule has 33 heavy (non-hydrogen) atoms. The fourth-order valence-electron chi connectivity index (χ4n) is 3.83. The molecule has 1 unspecified atom stereocenters. The number of benzene rings is 2. The number of nitrogens with zero attached hydrogens (tertiary/aromatic N) is 2. The number of sulfonamides is 1. The molecule has 8 heteroatoms. The molecule has 2 heterocycles. The third kappa shape index (κ3) is 4.89. The van der Waals surface area contributed by atoms with Crippen LogP contribution in [0.3, 0.4) is 0 Å². The maximum Gasteiger partial charge on any atom is 0.264 e. The SMILES string of the molecule is Cc1cccc(S(=O)(=O)N2C[C@H](C)Oc3ncc(CC(=O)C(C)c4ccc(Cl)cc4)cc32)c1. The van der Waals surface area contributed by atoms with E-state index in [-0.39, 0.29) is 41.5 Å². The van der Waals surface area contributed by atoms with Gasteiger partial charge >= 0.3 is 0 Å². The minimum Gasteiger partial charge on any atom is -0.471 e. The summed E-state index contributed by atoms with van der Waals surface area (Å²) in [5, 5.41) is 0.612. The van der Waals surface area contributed by atoms with Crippen molar-refractivity contribution in [2.24, 2.45) is 0 Å². The largest absolute Gasteiger partial charge is 0.471 e. The number of hydrogen-bond acceptors (Lipinski definition) is 5. The normalized spacial score (nSPS) is 16.6. The molecule has 0 saturated heterocycles. The van der Waals surface area contributed by atoms with Crippen LogP contribution in [0.15, 0.2) is 65.7 Å². The average molecular weight is 485 g/mol. The number of hydrogen-bond donors (Lipinski definition) is 0. The highest BCUT2D eigenvalue weighted by Crippen LogP contribution is 2.36. The fraction of sp³-hybridized carbons (Fsp3) is 0.280. The summed E-state index contributed by atoms with van der Waals surface area (Å²) >= 11 is 5.95. The minimum absolute atomic E-state index is 0.00254. The highest BCUT2D eigenvalue weighted by molar-refractivity contribution is 7.92. The third-order valence-corrected chi connectivity index (χ3v) is 7.73. The summed E-state index contributed by atoms with van der Waals surface area (Å²) in [6.45, 7) is 5.65. The molecule has 0 fully saturated rings. The molecule has 2 atom stereocenters. The van der Waals surface area contributed by atoms with Gasteiger partial charge in [-0.05, 0) is 60.9 Å². The van der Waals surface area contributed by atoms with Gasteiger partial charge in [-0.2, -0.15) is 0 Å². The van der Waals surface area contributed by atoms with Crippen molar-refractivity contribution >= 4 is 33.1 Å². The van der Waals surface area contributed by atoms with Gasteiger partial charge in [-0.15, -0.1) is 0 Å². The maximum atomic E-state index is 13.5. The topological polar surface area (TPSA) is 76.6 Å². The van der Waals surface area contributed by atoms with Crippen LogP contribution in [0.2, 0.25) is 5.02 Å². The van der Waals surface area contributed by atoms with Gasteiger partial charge in [0.2, 0.25) is 5.88 Å². The number of carbonyl (C=O) groups is 1. The molecular formula is C25H25ClN2O4S. The minimum atomic E-state index is -3.82. The third-order valence-electron chi connectivity index (χ3n) is 5.70. The summed E-state index contributed by atoms with van der Waals surface area (Å²) in [6.07, 6.45) is 1.33. The van der Waals surface area contributed by atoms with E-state index in [1.807, 2.05) is 32.0 Å². The van der Waals surface area contributed by atoms with Gasteiger partial charge in [-0.3, -0.25) is 9.10 Å². The van der Waals surface area contributed by atoms with Crippen LogP contribution in [0.4, 0.5) is 5.69 Å². The van der Waals surface area contributed by atoms with E-state index in [9.17, 15) is 13.2 Å². The first-order chi connectivity index (χ1) is 15.6. The Hall–Kier alpha value is -2.90. The van der Waals surface area contributed by atoms with Gasteiger partial charge in [0, 0.05) is 23.6 Å². The Morgan fingerprint density at radius 3 is 2.64 bits per heavy atom. The smallest absolute Gasteiger partial charge is 0.264 e. The number of halogens is 1. The Kier molecular flexibility index (Phi) is 6.45. The van der Waals surface area contributed by atoms with Gasteiger partial charge in [0.1, 0.15) is 17.6 Å². The molecule has 0 spiro atoms. The van der Waals surface area contributed by atoms with Crippen LogP contribution in [0.1, 0.15) is 36.5 Å². The van der Waals surface area contributed by atoms with Crippen molar-refractivity contribution in [3.63, 3.8) is 0 Å². The van der Waals surface area contributed by atoms with Crippen molar-refractivity contribution < 1.29 is 17.9 Å². The van der Waals surface area contributed by atoms with Crippen molar-refractivity contribution in [2.75, 3.05) is 10.8 Å². The lowest BCUT2D eigenvalue weighted by molar-refractivity contribution is -0.119. The fourth-order valence-corrected chi connectivity index (χ4v) is 5.59. The first-order valence-electron chi connectivity index (χ1n) is 10.7. The molecular weight excluding hydrogens is 460 g/mol. The van der Waals surface area contributed by atoms with E-state index in [0.717, 1.165) is 11.1 Å². The highest BCUT2D eigenvalue weighted by atomic mass is 35.5. The van der Waals surface area contributed by atoms with Crippen molar-refractivity contribution in [3.05, 3.63) is 82.5 Å². The summed E-state index contributed by atoms with van der Waals surface area (Å²) in [4.78, 5) is 17.5. The van der Waals surface area contributed by atoms with E-state index in [1.54, 1.807) is 49.5 Å². The van der Waals surface area contributed by atoms with Gasteiger partial charge in [-0.1, -0.05) is 42.8 Å². The van der Waals surface area contributed by atoms with Gasteiger partial charge in [0.25, 0.3) is 10.0 Å². The number of rotatable bonds is 6. The number of ether oxygens (including phenoxy) is 1. The average Bonchev–Trinajstić information content (AvgIpc) is 2.78. The Balaban J connectivity index is 1.64. The molecule has 4 rings (SSSR count). The molecule has 1 aliphatic heterocycles. The van der Waals surface area contributed by atoms with Gasteiger partial charge < -0.3 is 4.74 Å². The second kappa shape index (κ2) is 9.15. The summed E-state index contributed by atoms with van der Waals surface area (Å²) in [7, 11) is -3.82. The van der Waals surface area contributed by atoms with Crippen LogP contribution in [0.5, 0.6) is 5.88 Å². The second-order valence-electron chi connectivity index (χ2n) is 8.37. The van der Waals surface area contributed by atoms with Crippen molar-refractivity contribution in [1.82, 2.24) is 4.98 Å². The molecule has 2 aromatic carbocycles. The number of Topliss-reactive ketones (excluding diaryl/α,β-unsaturated/α-hetero) is 1. The summed E-state index contributed by atoms with van der Waals surface area (Å²) < 4.78 is 34.1. The Labute approximate surface area is 199 Å². The molecule has 0 aliphatic carbocycles. The monoisotopic (exact) mass is 484 g/mol. The lowest BCUT2D eigenvalue weighted by atomic mass is 9.93. The summed E-state index contributed by atoms with van der Waals surface area (Å²) in [6, 6.07) is 15.7. The quantitative estimate of drug-likeness (QED) is 0.495. The van der Waals surface area contributed by atoms with Crippen molar-refractivity contribution in [3.8, 4) is 5.88 Å². The molecule has 0 amide bonds. The van der Waals surface area contributed by atoms with Crippen LogP contribution in [0.25, 0.3) is 0 Å². The van der Waals surface area contributed by atoms with Gasteiger partial charge in [0.05, 0.1) is 11.4 Å². The maximum absolute atomic E-state index is 13.5. The number of aryl methyl sites for hydroxylation is 1. The Morgan fingerprint density at radius 2 is 1.94 bits per heavy atom. The summed E-state index contributed by atoms with van der Waals surface area (Å²) in [5.41, 5.74) is 2.70. The molecule has 1 aliphatic rings. The van der Waals surface area contributed by atoms with E-state index in [2.05, 4.69) is 4.98 Å². The van der Waals surface area contributed by atoms with E-state index in [1.165, 1.54) is 4.31 Å². The van der Waals surface area contributed by atoms with Crippen LogP contribution in [-0.2, 0) is 21.2 Å². The standard InChI is InChI=1S/C25H25ClN2O4S/c1-16-5-4-6-22(11-16)33(30,31)28-15-17(2)32-25-23(28)12-19(14-27-25)13-24(29)18(3)20-7-9-21(26)10-8-20/h4-12,14,17-18H,13,15H2,1-3H3/t17-,18?/m0/s1. The molecule has 3 aromatic rings. The van der Waals surface area contributed by atoms with E-state index in [0.29, 0.717) is 16.3 Å². The zero-order chi connectivity index (χ0) is 23.8. The number of fused-ring (bicyclic) bond motifs is 1. The molecule has 1 aromatic heterocycles. The zero-order valence-electron chi connectivity index (χ0n) is 18.7. The predicted octanol–water partition coefficient (Wildman–Crippen LogP) is 4.93. The second-order valence-corrected chi connectivity index (χ2v) is 10.7. The Morgan fingerprint density at radius 1 is 1.21 bits per heavy atom. The zero-order valence-corrected chi connectivity index (χ0v) is 20.2. The molecule has 0 radical (unpaired) electrons. The van der Waals surface area contributed by atoms with Gasteiger partial charge in [-0.25, -0.2) is 13.4 Å². The molecule has 0 saturated carbocycles. The predicted molar refractivity (Wildman–Crippen MR) is 129 cm³/mol. The number of aromatic nitrogens is 1. The first kappa shape index (κ1) is 23.3. The van der Waals surface area contributed by atoms with Crippen LogP contribution in [0, 0.1) is 6.92 Å². The lowest BCUT2D eigenvalue weighted by Crippen LogP contribution is -2.42. The number of ketones is 1. The van der Waals surface area contributed by atoms with Crippen molar-refractivity contribution in [2.45, 2.75) is 44.1 Å². The number of anilines is 1. The van der Waals surface area contributed by atoms with Crippen LogP contribution >= 0.6 is 11.6 Å². The van der Waals surface area contributed by atoms with E-state index in [4.69, 9.17) is 16.3 Å². The number of carbonyl (C=O) groups excluding carboxylic acids is 1. The van der Waals surface area contributed by atoms with Crippen molar-refractivity contribution in [1.29, 1.82) is 0 Å². The molecule has 6 nitrogen and oxygen atoms in total. The van der Waals surface area contributed by atoms with Crippen LogP contribution in [-0.4, -0.2) is 31.8 Å². The van der Waals surface area contributed by atoms with E-state index >= 15 is 0 Å². The van der Waals surface area contributed by atoms with Crippen LogP contribution < -0.4 is 9.04 Å². The lowest BCUT2D eigenvalue weighted by Gasteiger charge is -2.33. The first-order valence-corrected chi connectivity index (χ1v) is 12.5. The Bertz CT molecular complexity index is 1290. The molecule has 172 valence electrons.